The molecule has 1 aliphatic heterocycles. The normalized spacial score (nSPS) is 13.9. The van der Waals surface area contributed by atoms with Crippen LogP contribution in [0.1, 0.15) is 34.3 Å². The summed E-state index contributed by atoms with van der Waals surface area (Å²) in [6.45, 7) is 3.03. The highest BCUT2D eigenvalue weighted by Gasteiger charge is 2.28. The van der Waals surface area contributed by atoms with Crippen molar-refractivity contribution < 1.29 is 14.0 Å². The van der Waals surface area contributed by atoms with Crippen LogP contribution in [0.15, 0.2) is 85.1 Å². The van der Waals surface area contributed by atoms with Gasteiger partial charge in [-0.3, -0.25) is 9.59 Å². The number of likely N-dealkylation sites (tertiary alicyclic amines) is 1. The molecule has 0 radical (unpaired) electrons. The number of aromatic nitrogens is 2. The first-order chi connectivity index (χ1) is 18.0. The summed E-state index contributed by atoms with van der Waals surface area (Å²) in [5.41, 5.74) is 4.72. The number of hydrogen-bond donors (Lipinski definition) is 1. The molecule has 6 nitrogen and oxygen atoms in total. The summed E-state index contributed by atoms with van der Waals surface area (Å²) in [5.74, 6) is -0.541. The fourth-order valence-electron chi connectivity index (χ4n) is 4.71. The first kappa shape index (κ1) is 24.4. The van der Waals surface area contributed by atoms with E-state index in [1.54, 1.807) is 24.1 Å². The third-order valence-corrected chi connectivity index (χ3v) is 6.91. The lowest BCUT2D eigenvalue weighted by Gasteiger charge is -2.31. The lowest BCUT2D eigenvalue weighted by atomic mass is 9.95. The number of nitrogens with zero attached hydrogens (tertiary/aromatic N) is 3. The van der Waals surface area contributed by atoms with Crippen LogP contribution in [-0.4, -0.2) is 39.6 Å². The number of carbonyl (C=O) groups is 2. The summed E-state index contributed by atoms with van der Waals surface area (Å²) in [5, 5.41) is 7.39. The number of carbonyl (C=O) groups excluding carboxylic acids is 2. The number of rotatable bonds is 6. The van der Waals surface area contributed by atoms with Crippen molar-refractivity contribution in [3.63, 3.8) is 0 Å². The van der Waals surface area contributed by atoms with E-state index in [-0.39, 0.29) is 23.5 Å². The largest absolute Gasteiger partial charge is 0.352 e. The molecule has 5 rings (SSSR count). The number of piperidine rings is 1. The first-order valence-corrected chi connectivity index (χ1v) is 12.5. The van der Waals surface area contributed by atoms with Gasteiger partial charge >= 0.3 is 0 Å². The minimum Gasteiger partial charge on any atom is -0.352 e. The molecular formula is C30H29FN4O2. The fraction of sp³-hybridized carbons (Fsp3) is 0.233. The zero-order chi connectivity index (χ0) is 25.8. The molecule has 4 aromatic rings. The first-order valence-electron chi connectivity index (χ1n) is 12.5. The molecule has 0 unspecified atom stereocenters. The van der Waals surface area contributed by atoms with Crippen LogP contribution in [0.2, 0.25) is 0 Å². The Labute approximate surface area is 215 Å². The van der Waals surface area contributed by atoms with Crippen molar-refractivity contribution in [3.05, 3.63) is 108 Å². The van der Waals surface area contributed by atoms with Gasteiger partial charge in [0, 0.05) is 36.7 Å². The van der Waals surface area contributed by atoms with Crippen molar-refractivity contribution in [3.8, 4) is 16.9 Å². The molecule has 0 spiro atoms. The Hall–Kier alpha value is -4.26. The van der Waals surface area contributed by atoms with Gasteiger partial charge < -0.3 is 10.2 Å². The molecule has 0 saturated carbocycles. The molecule has 1 aromatic heterocycles. The smallest absolute Gasteiger partial charge is 0.253 e. The van der Waals surface area contributed by atoms with E-state index in [1.807, 2.05) is 71.4 Å². The number of hydrogen-bond acceptors (Lipinski definition) is 3. The summed E-state index contributed by atoms with van der Waals surface area (Å²) in [7, 11) is 0. The number of benzene rings is 3. The minimum absolute atomic E-state index is 0.0516. The molecule has 37 heavy (non-hydrogen) atoms. The van der Waals surface area contributed by atoms with Crippen molar-refractivity contribution in [1.29, 1.82) is 0 Å². The second-order valence-corrected chi connectivity index (χ2v) is 9.41. The van der Waals surface area contributed by atoms with Crippen LogP contribution in [0.3, 0.4) is 0 Å². The monoisotopic (exact) mass is 496 g/mol. The maximum Gasteiger partial charge on any atom is 0.253 e. The average Bonchev–Trinajstić information content (AvgIpc) is 3.44. The second-order valence-electron chi connectivity index (χ2n) is 9.41. The highest BCUT2D eigenvalue weighted by molar-refractivity contribution is 5.95. The van der Waals surface area contributed by atoms with Crippen molar-refractivity contribution in [1.82, 2.24) is 20.0 Å². The summed E-state index contributed by atoms with van der Waals surface area (Å²) < 4.78 is 15.6. The molecule has 0 bridgehead atoms. The maximum absolute atomic E-state index is 13.8. The molecular weight excluding hydrogens is 467 g/mol. The summed E-state index contributed by atoms with van der Waals surface area (Å²) >= 11 is 0. The van der Waals surface area contributed by atoms with E-state index in [1.165, 1.54) is 6.07 Å². The fourth-order valence-corrected chi connectivity index (χ4v) is 4.71. The molecule has 0 atom stereocenters. The van der Waals surface area contributed by atoms with Crippen LogP contribution in [0.25, 0.3) is 16.9 Å². The van der Waals surface area contributed by atoms with Gasteiger partial charge in [-0.1, -0.05) is 48.5 Å². The molecule has 3 aromatic carbocycles. The number of halogens is 1. The molecule has 1 aliphatic rings. The Morgan fingerprint density at radius 2 is 1.76 bits per heavy atom. The standard InChI is InChI=1S/C30H29FN4O2/c1-21-10-11-22(18-27(21)31)20-32-29(36)24-13-16-34(17-14-24)30(37)25-8-5-9-26(19-25)35-28(12-15-33-35)23-6-3-2-4-7-23/h2-12,15,18-19,24H,13-14,16-17,20H2,1H3,(H,32,36). The van der Waals surface area contributed by atoms with Crippen LogP contribution in [-0.2, 0) is 11.3 Å². The van der Waals surface area contributed by atoms with Gasteiger partial charge in [0.25, 0.3) is 5.91 Å². The lowest BCUT2D eigenvalue weighted by Crippen LogP contribution is -2.43. The van der Waals surface area contributed by atoms with Crippen LogP contribution >= 0.6 is 0 Å². The van der Waals surface area contributed by atoms with E-state index in [0.29, 0.717) is 43.6 Å². The number of nitrogens with one attached hydrogen (secondary N) is 1. The van der Waals surface area contributed by atoms with Crippen LogP contribution < -0.4 is 5.32 Å². The number of amides is 2. The average molecular weight is 497 g/mol. The molecule has 7 heteroatoms. The number of aryl methyl sites for hydroxylation is 1. The third-order valence-electron chi connectivity index (χ3n) is 6.91. The topological polar surface area (TPSA) is 67.2 Å². The highest BCUT2D eigenvalue weighted by atomic mass is 19.1. The van der Waals surface area contributed by atoms with Crippen molar-refractivity contribution in [2.75, 3.05) is 13.1 Å². The SMILES string of the molecule is Cc1ccc(CNC(=O)C2CCN(C(=O)c3cccc(-n4nccc4-c4ccccc4)c3)CC2)cc1F. The Morgan fingerprint density at radius 3 is 2.51 bits per heavy atom. The lowest BCUT2D eigenvalue weighted by molar-refractivity contribution is -0.126. The van der Waals surface area contributed by atoms with E-state index >= 15 is 0 Å². The Morgan fingerprint density at radius 1 is 0.973 bits per heavy atom. The van der Waals surface area contributed by atoms with E-state index in [9.17, 15) is 14.0 Å². The van der Waals surface area contributed by atoms with Crippen molar-refractivity contribution in [2.24, 2.45) is 5.92 Å². The zero-order valence-corrected chi connectivity index (χ0v) is 20.7. The van der Waals surface area contributed by atoms with Crippen LogP contribution in [0.5, 0.6) is 0 Å². The Kier molecular flexibility index (Phi) is 7.12. The molecule has 2 heterocycles. The third kappa shape index (κ3) is 5.45. The van der Waals surface area contributed by atoms with E-state index in [4.69, 9.17) is 0 Å². The molecule has 188 valence electrons. The van der Waals surface area contributed by atoms with Crippen molar-refractivity contribution in [2.45, 2.75) is 26.3 Å². The van der Waals surface area contributed by atoms with Crippen molar-refractivity contribution >= 4 is 11.8 Å². The predicted octanol–water partition coefficient (Wildman–Crippen LogP) is 5.16. The van der Waals surface area contributed by atoms with E-state index < -0.39 is 0 Å². The summed E-state index contributed by atoms with van der Waals surface area (Å²) in [4.78, 5) is 27.8. The zero-order valence-electron chi connectivity index (χ0n) is 20.7. The van der Waals surface area contributed by atoms with Gasteiger partial charge in [0.15, 0.2) is 0 Å². The quantitative estimate of drug-likeness (QED) is 0.401. The van der Waals surface area contributed by atoms with Gasteiger partial charge in [-0.2, -0.15) is 5.10 Å². The molecule has 2 amide bonds. The van der Waals surface area contributed by atoms with Crippen LogP contribution in [0, 0.1) is 18.7 Å². The Balaban J connectivity index is 1.20. The second kappa shape index (κ2) is 10.8. The van der Waals surface area contributed by atoms with Gasteiger partial charge in [0.2, 0.25) is 5.91 Å². The van der Waals surface area contributed by atoms with E-state index in [0.717, 1.165) is 22.5 Å². The van der Waals surface area contributed by atoms with Gasteiger partial charge in [-0.15, -0.1) is 0 Å². The van der Waals surface area contributed by atoms with E-state index in [2.05, 4.69) is 10.4 Å². The molecule has 1 fully saturated rings. The summed E-state index contributed by atoms with van der Waals surface area (Å²) in [6, 6.07) is 24.4. The molecule has 1 N–H and O–H groups in total. The Bertz CT molecular complexity index is 1410. The van der Waals surface area contributed by atoms with Crippen LogP contribution in [0.4, 0.5) is 4.39 Å². The van der Waals surface area contributed by atoms with Gasteiger partial charge in [-0.25, -0.2) is 9.07 Å². The predicted molar refractivity (Wildman–Crippen MR) is 141 cm³/mol. The van der Waals surface area contributed by atoms with Gasteiger partial charge in [0.05, 0.1) is 17.6 Å². The van der Waals surface area contributed by atoms with Gasteiger partial charge in [0.1, 0.15) is 5.82 Å². The molecule has 1 saturated heterocycles. The minimum atomic E-state index is -0.272. The molecule has 0 aliphatic carbocycles. The van der Waals surface area contributed by atoms with Gasteiger partial charge in [-0.05, 0) is 61.2 Å². The highest BCUT2D eigenvalue weighted by Crippen LogP contribution is 2.24. The summed E-state index contributed by atoms with van der Waals surface area (Å²) in [6.07, 6.45) is 2.94. The maximum atomic E-state index is 13.8.